The molecule has 5 heteroatoms. The second-order valence-electron chi connectivity index (χ2n) is 3.67. The van der Waals surface area contributed by atoms with Crippen LogP contribution in [0.1, 0.15) is 12.0 Å². The second kappa shape index (κ2) is 9.44. The molecule has 100 valence electrons. The summed E-state index contributed by atoms with van der Waals surface area (Å²) in [7, 11) is 0. The summed E-state index contributed by atoms with van der Waals surface area (Å²) in [6, 6.07) is 9.96. The lowest BCUT2D eigenvalue weighted by atomic mass is 10.2. The molecule has 0 saturated heterocycles. The Morgan fingerprint density at radius 2 is 1.72 bits per heavy atom. The van der Waals surface area contributed by atoms with E-state index in [1.54, 1.807) is 0 Å². The molecule has 1 rings (SSSR count). The first kappa shape index (κ1) is 14.5. The zero-order chi connectivity index (χ0) is 13.1. The number of carbonyl (C=O) groups excluding carboxylic acids is 1. The molecule has 0 unspecified atom stereocenters. The van der Waals surface area contributed by atoms with Gasteiger partial charge in [0.05, 0.1) is 26.4 Å². The highest BCUT2D eigenvalue weighted by molar-refractivity contribution is 5.64. The summed E-state index contributed by atoms with van der Waals surface area (Å²) < 4.78 is 15.3. The molecule has 1 aromatic carbocycles. The van der Waals surface area contributed by atoms with Crippen molar-refractivity contribution >= 4 is 6.09 Å². The maximum absolute atomic E-state index is 10.2. The maximum Gasteiger partial charge on any atom is 0.404 e. The van der Waals surface area contributed by atoms with E-state index < -0.39 is 6.09 Å². The van der Waals surface area contributed by atoms with Crippen LogP contribution in [0.25, 0.3) is 0 Å². The summed E-state index contributed by atoms with van der Waals surface area (Å²) >= 11 is 0. The first-order chi connectivity index (χ1) is 8.79. The van der Waals surface area contributed by atoms with Crippen LogP contribution >= 0.6 is 0 Å². The number of amides is 1. The van der Waals surface area contributed by atoms with Crippen molar-refractivity contribution in [1.82, 2.24) is 0 Å². The minimum atomic E-state index is -0.749. The Hall–Kier alpha value is -1.59. The average molecular weight is 253 g/mol. The molecular formula is C13H19NO4. The SMILES string of the molecule is NC(=O)OCCCOCCOCc1ccccc1. The van der Waals surface area contributed by atoms with E-state index in [2.05, 4.69) is 4.74 Å². The lowest BCUT2D eigenvalue weighted by Crippen LogP contribution is -2.15. The highest BCUT2D eigenvalue weighted by Crippen LogP contribution is 1.99. The van der Waals surface area contributed by atoms with Gasteiger partial charge in [-0.25, -0.2) is 4.79 Å². The molecule has 0 aliphatic rings. The molecule has 0 fully saturated rings. The number of carbonyl (C=O) groups is 1. The van der Waals surface area contributed by atoms with E-state index in [4.69, 9.17) is 15.2 Å². The van der Waals surface area contributed by atoms with Gasteiger partial charge < -0.3 is 19.9 Å². The van der Waals surface area contributed by atoms with Gasteiger partial charge in [-0.3, -0.25) is 0 Å². The number of hydrogen-bond acceptors (Lipinski definition) is 4. The number of ether oxygens (including phenoxy) is 3. The maximum atomic E-state index is 10.2. The summed E-state index contributed by atoms with van der Waals surface area (Å²) in [6.07, 6.45) is -0.108. The number of nitrogens with two attached hydrogens (primary N) is 1. The first-order valence-corrected chi connectivity index (χ1v) is 5.90. The van der Waals surface area contributed by atoms with E-state index in [1.165, 1.54) is 0 Å². The van der Waals surface area contributed by atoms with Crippen LogP contribution in [-0.2, 0) is 20.8 Å². The van der Waals surface area contributed by atoms with Crippen molar-refractivity contribution in [1.29, 1.82) is 0 Å². The zero-order valence-corrected chi connectivity index (χ0v) is 10.3. The topological polar surface area (TPSA) is 70.8 Å². The van der Waals surface area contributed by atoms with Gasteiger partial charge in [0.2, 0.25) is 0 Å². The monoisotopic (exact) mass is 253 g/mol. The van der Waals surface area contributed by atoms with E-state index in [1.807, 2.05) is 30.3 Å². The second-order valence-corrected chi connectivity index (χ2v) is 3.67. The van der Waals surface area contributed by atoms with Crippen LogP contribution in [0, 0.1) is 0 Å². The molecule has 0 heterocycles. The molecule has 0 atom stereocenters. The van der Waals surface area contributed by atoms with Crippen LogP contribution in [-0.4, -0.2) is 32.5 Å². The largest absolute Gasteiger partial charge is 0.450 e. The average Bonchev–Trinajstić information content (AvgIpc) is 2.37. The molecule has 0 aliphatic carbocycles. The molecular weight excluding hydrogens is 234 g/mol. The zero-order valence-electron chi connectivity index (χ0n) is 10.3. The Morgan fingerprint density at radius 3 is 2.44 bits per heavy atom. The van der Waals surface area contributed by atoms with Crippen molar-refractivity contribution in [2.24, 2.45) is 5.73 Å². The Balaban J connectivity index is 1.86. The number of hydrogen-bond donors (Lipinski definition) is 1. The van der Waals surface area contributed by atoms with Crippen LogP contribution in [0.4, 0.5) is 4.79 Å². The standard InChI is InChI=1S/C13H19NO4/c14-13(15)18-8-4-7-16-9-10-17-11-12-5-2-1-3-6-12/h1-3,5-6H,4,7-11H2,(H2,14,15). The molecule has 0 spiro atoms. The smallest absolute Gasteiger partial charge is 0.404 e. The molecule has 0 aromatic heterocycles. The summed E-state index contributed by atoms with van der Waals surface area (Å²) in [5, 5.41) is 0. The van der Waals surface area contributed by atoms with E-state index in [0.29, 0.717) is 39.5 Å². The number of primary amides is 1. The Kier molecular flexibility index (Phi) is 7.59. The van der Waals surface area contributed by atoms with Crippen molar-refractivity contribution in [2.75, 3.05) is 26.4 Å². The number of benzene rings is 1. The van der Waals surface area contributed by atoms with Gasteiger partial charge in [0.25, 0.3) is 0 Å². The third-order valence-corrected chi connectivity index (χ3v) is 2.16. The van der Waals surface area contributed by atoms with E-state index in [-0.39, 0.29) is 0 Å². The van der Waals surface area contributed by atoms with Gasteiger partial charge in [0.1, 0.15) is 0 Å². The van der Waals surface area contributed by atoms with Gasteiger partial charge in [0, 0.05) is 13.0 Å². The van der Waals surface area contributed by atoms with Gasteiger partial charge >= 0.3 is 6.09 Å². The summed E-state index contributed by atoms with van der Waals surface area (Å²) in [5.74, 6) is 0. The van der Waals surface area contributed by atoms with Gasteiger partial charge in [-0.15, -0.1) is 0 Å². The van der Waals surface area contributed by atoms with Crippen molar-refractivity contribution in [3.05, 3.63) is 35.9 Å². The minimum Gasteiger partial charge on any atom is -0.450 e. The summed E-state index contributed by atoms with van der Waals surface area (Å²) in [4.78, 5) is 10.2. The van der Waals surface area contributed by atoms with E-state index in [9.17, 15) is 4.79 Å². The van der Waals surface area contributed by atoms with Gasteiger partial charge in [-0.1, -0.05) is 30.3 Å². The molecule has 1 aromatic rings. The normalized spacial score (nSPS) is 10.2. The number of rotatable bonds is 9. The van der Waals surface area contributed by atoms with E-state index >= 15 is 0 Å². The van der Waals surface area contributed by atoms with Crippen LogP contribution in [0.3, 0.4) is 0 Å². The van der Waals surface area contributed by atoms with Crippen LogP contribution in [0.2, 0.25) is 0 Å². The van der Waals surface area contributed by atoms with Crippen molar-refractivity contribution in [3.8, 4) is 0 Å². The fourth-order valence-electron chi connectivity index (χ4n) is 1.32. The molecule has 0 saturated carbocycles. The van der Waals surface area contributed by atoms with Gasteiger partial charge in [0.15, 0.2) is 0 Å². The molecule has 0 radical (unpaired) electrons. The minimum absolute atomic E-state index is 0.292. The molecule has 0 bridgehead atoms. The lowest BCUT2D eigenvalue weighted by Gasteiger charge is -2.06. The van der Waals surface area contributed by atoms with Gasteiger partial charge in [-0.2, -0.15) is 0 Å². The van der Waals surface area contributed by atoms with Crippen LogP contribution < -0.4 is 5.73 Å². The van der Waals surface area contributed by atoms with Gasteiger partial charge in [-0.05, 0) is 5.56 Å². The molecule has 1 amide bonds. The molecule has 18 heavy (non-hydrogen) atoms. The fourth-order valence-corrected chi connectivity index (χ4v) is 1.32. The Morgan fingerprint density at radius 1 is 1.00 bits per heavy atom. The van der Waals surface area contributed by atoms with Crippen molar-refractivity contribution in [3.63, 3.8) is 0 Å². The summed E-state index contributed by atoms with van der Waals surface area (Å²) in [6.45, 7) is 2.49. The highest BCUT2D eigenvalue weighted by atomic mass is 16.5. The summed E-state index contributed by atoms with van der Waals surface area (Å²) in [5.41, 5.74) is 5.95. The predicted octanol–water partition coefficient (Wildman–Crippen LogP) is 1.71. The first-order valence-electron chi connectivity index (χ1n) is 5.90. The third kappa shape index (κ3) is 7.65. The van der Waals surface area contributed by atoms with Crippen molar-refractivity contribution in [2.45, 2.75) is 13.0 Å². The predicted molar refractivity (Wildman–Crippen MR) is 67.1 cm³/mol. The quantitative estimate of drug-likeness (QED) is 0.680. The fraction of sp³-hybridized carbons (Fsp3) is 0.462. The molecule has 5 nitrogen and oxygen atoms in total. The molecule has 2 N–H and O–H groups in total. The van der Waals surface area contributed by atoms with Crippen LogP contribution in [0.5, 0.6) is 0 Å². The van der Waals surface area contributed by atoms with Crippen LogP contribution in [0.15, 0.2) is 30.3 Å². The molecule has 0 aliphatic heterocycles. The Bertz CT molecular complexity index is 329. The lowest BCUT2D eigenvalue weighted by molar-refractivity contribution is 0.0349. The Labute approximate surface area is 107 Å². The van der Waals surface area contributed by atoms with Crippen molar-refractivity contribution < 1.29 is 19.0 Å². The highest BCUT2D eigenvalue weighted by Gasteiger charge is 1.95. The third-order valence-electron chi connectivity index (χ3n) is 2.16. The van der Waals surface area contributed by atoms with E-state index in [0.717, 1.165) is 5.56 Å².